The smallest absolute Gasteiger partial charge is 0.484 e. The van der Waals surface area contributed by atoms with E-state index in [1.54, 1.807) is 24.3 Å². The summed E-state index contributed by atoms with van der Waals surface area (Å²) < 4.78 is 77.3. The van der Waals surface area contributed by atoms with Crippen LogP contribution in [-0.2, 0) is 22.3 Å². The van der Waals surface area contributed by atoms with E-state index in [0.29, 0.717) is 23.0 Å². The second kappa shape index (κ2) is 11.8. The van der Waals surface area contributed by atoms with Gasteiger partial charge >= 0.3 is 18.3 Å². The predicted molar refractivity (Wildman–Crippen MR) is 131 cm³/mol. The third-order valence-electron chi connectivity index (χ3n) is 7.04. The molecule has 0 aliphatic heterocycles. The lowest BCUT2D eigenvalue weighted by Gasteiger charge is -2.17. The van der Waals surface area contributed by atoms with Gasteiger partial charge in [-0.25, -0.2) is 14.8 Å². The van der Waals surface area contributed by atoms with E-state index in [1.165, 1.54) is 6.07 Å². The molecular weight excluding hydrogens is 548 g/mol. The Morgan fingerprint density at radius 2 is 1.80 bits per heavy atom. The number of anilines is 2. The molecule has 1 heterocycles. The largest absolute Gasteiger partial charge is 0.490 e. The molecule has 2 saturated carbocycles. The molecule has 220 valence electrons. The van der Waals surface area contributed by atoms with E-state index >= 15 is 0 Å². The minimum absolute atomic E-state index is 0.0761. The number of nitrogens with two attached hydrogens (primary N) is 1. The van der Waals surface area contributed by atoms with Crippen molar-refractivity contribution < 1.29 is 45.8 Å². The van der Waals surface area contributed by atoms with Gasteiger partial charge in [-0.05, 0) is 54.2 Å². The molecule has 2 aliphatic carbocycles. The van der Waals surface area contributed by atoms with Gasteiger partial charge in [0.2, 0.25) is 5.82 Å². The van der Waals surface area contributed by atoms with E-state index in [-0.39, 0.29) is 30.8 Å². The van der Waals surface area contributed by atoms with Gasteiger partial charge in [-0.1, -0.05) is 26.0 Å². The highest BCUT2D eigenvalue weighted by molar-refractivity contribution is 5.75. The fourth-order valence-corrected chi connectivity index (χ4v) is 4.95. The van der Waals surface area contributed by atoms with E-state index in [9.17, 15) is 31.1 Å². The summed E-state index contributed by atoms with van der Waals surface area (Å²) in [6.45, 7) is 4.38. The van der Waals surface area contributed by atoms with Crippen LogP contribution < -0.4 is 21.1 Å². The van der Waals surface area contributed by atoms with Gasteiger partial charge in [0.05, 0.1) is 0 Å². The molecule has 40 heavy (non-hydrogen) atoms. The van der Waals surface area contributed by atoms with Crippen molar-refractivity contribution in [1.29, 1.82) is 0 Å². The lowest BCUT2D eigenvalue weighted by atomic mass is 9.90. The van der Waals surface area contributed by atoms with E-state index in [1.807, 2.05) is 0 Å². The van der Waals surface area contributed by atoms with E-state index in [4.69, 9.17) is 20.4 Å². The summed E-state index contributed by atoms with van der Waals surface area (Å²) in [6.07, 6.45) is -6.62. The van der Waals surface area contributed by atoms with Crippen LogP contribution >= 0.6 is 0 Å². The van der Waals surface area contributed by atoms with Crippen LogP contribution in [0, 0.1) is 17.3 Å². The van der Waals surface area contributed by atoms with Crippen molar-refractivity contribution in [2.45, 2.75) is 58.0 Å². The highest BCUT2D eigenvalue weighted by Gasteiger charge is 2.62. The summed E-state index contributed by atoms with van der Waals surface area (Å²) in [6, 6.07) is 8.48. The molecule has 0 saturated heterocycles. The first-order valence-electron chi connectivity index (χ1n) is 12.3. The standard InChI is InChI=1S/C23H28F3N5O2.C2HF3O2/c1-13(2)22-7-6-17(16(22)10-22)29-20-9-19(30-21(31-20)23(24,25)26)28-11-14-4-3-5-15(8-14)33-12-18(27)32;3-2(4,5)1(6)7/h3-5,8-9,13,16-17H,6-7,10-12H2,1-2H3,(H2,27,32)(H2,28,29,30,31);(H,6,7)/t16-,17-,22-;/m0./s1. The number of carbonyl (C=O) groups is 2. The molecule has 2 aliphatic rings. The van der Waals surface area contributed by atoms with Crippen LogP contribution in [0.25, 0.3) is 0 Å². The van der Waals surface area contributed by atoms with Gasteiger partial charge < -0.3 is 26.2 Å². The van der Waals surface area contributed by atoms with Gasteiger partial charge in [0.25, 0.3) is 5.91 Å². The van der Waals surface area contributed by atoms with Crippen LogP contribution in [0.1, 0.15) is 44.5 Å². The maximum absolute atomic E-state index is 13.4. The Bertz CT molecular complexity index is 1220. The fourth-order valence-electron chi connectivity index (χ4n) is 4.95. The van der Waals surface area contributed by atoms with Crippen molar-refractivity contribution >= 4 is 23.5 Å². The molecule has 2 fully saturated rings. The maximum Gasteiger partial charge on any atom is 0.490 e. The monoisotopic (exact) mass is 577 g/mol. The zero-order chi connectivity index (χ0) is 29.9. The van der Waals surface area contributed by atoms with Crippen LogP contribution in [-0.4, -0.2) is 45.8 Å². The van der Waals surface area contributed by atoms with Crippen molar-refractivity contribution in [1.82, 2.24) is 9.97 Å². The molecule has 0 bridgehead atoms. The van der Waals surface area contributed by atoms with E-state index < -0.39 is 30.1 Å². The number of rotatable bonds is 9. The lowest BCUT2D eigenvalue weighted by Crippen LogP contribution is -2.22. The zero-order valence-corrected chi connectivity index (χ0v) is 21.6. The summed E-state index contributed by atoms with van der Waals surface area (Å²) in [5.41, 5.74) is 6.14. The number of nitrogens with one attached hydrogen (secondary N) is 2. The van der Waals surface area contributed by atoms with Crippen molar-refractivity contribution in [2.75, 3.05) is 17.2 Å². The first-order chi connectivity index (χ1) is 18.5. The van der Waals surface area contributed by atoms with Gasteiger partial charge in [0.1, 0.15) is 17.4 Å². The van der Waals surface area contributed by atoms with Crippen LogP contribution in [0.5, 0.6) is 5.75 Å². The fraction of sp³-hybridized carbons (Fsp3) is 0.520. The molecule has 0 radical (unpaired) electrons. The zero-order valence-electron chi connectivity index (χ0n) is 21.6. The first-order valence-corrected chi connectivity index (χ1v) is 12.3. The van der Waals surface area contributed by atoms with Gasteiger partial charge in [-0.3, -0.25) is 4.79 Å². The molecule has 5 N–H and O–H groups in total. The highest BCUT2D eigenvalue weighted by atomic mass is 19.4. The number of nitrogens with zero attached hydrogens (tertiary/aromatic N) is 2. The summed E-state index contributed by atoms with van der Waals surface area (Å²) in [5, 5.41) is 13.3. The average molecular weight is 578 g/mol. The minimum atomic E-state index is -5.08. The summed E-state index contributed by atoms with van der Waals surface area (Å²) in [4.78, 5) is 27.2. The van der Waals surface area contributed by atoms with Crippen LogP contribution in [0.2, 0.25) is 0 Å². The Hall–Kier alpha value is -3.78. The Morgan fingerprint density at radius 1 is 1.15 bits per heavy atom. The van der Waals surface area contributed by atoms with Crippen molar-refractivity contribution in [3.63, 3.8) is 0 Å². The summed E-state index contributed by atoms with van der Waals surface area (Å²) in [5.74, 6) is -2.81. The number of aliphatic carboxylic acids is 1. The number of hydrogen-bond donors (Lipinski definition) is 4. The number of fused-ring (bicyclic) bond motifs is 1. The van der Waals surface area contributed by atoms with Crippen LogP contribution in [0.15, 0.2) is 30.3 Å². The Balaban J connectivity index is 0.000000559. The van der Waals surface area contributed by atoms with Gasteiger partial charge in [-0.15, -0.1) is 0 Å². The molecule has 0 unspecified atom stereocenters. The van der Waals surface area contributed by atoms with Crippen LogP contribution in [0.4, 0.5) is 38.0 Å². The van der Waals surface area contributed by atoms with Gasteiger partial charge in [0, 0.05) is 18.7 Å². The molecule has 1 amide bonds. The molecule has 1 aromatic heterocycles. The lowest BCUT2D eigenvalue weighted by molar-refractivity contribution is -0.192. The van der Waals surface area contributed by atoms with E-state index in [0.717, 1.165) is 24.8 Å². The number of ether oxygens (including phenoxy) is 1. The number of benzene rings is 1. The van der Waals surface area contributed by atoms with Crippen molar-refractivity contribution in [3.8, 4) is 5.75 Å². The number of hydrogen-bond acceptors (Lipinski definition) is 7. The quantitative estimate of drug-likeness (QED) is 0.311. The van der Waals surface area contributed by atoms with Gasteiger partial charge in [0.15, 0.2) is 6.61 Å². The molecule has 0 spiro atoms. The average Bonchev–Trinajstić information content (AvgIpc) is 3.50. The number of alkyl halides is 6. The molecule has 3 atom stereocenters. The van der Waals surface area contributed by atoms with Gasteiger partial charge in [-0.2, -0.15) is 26.3 Å². The molecule has 4 rings (SSSR count). The van der Waals surface area contributed by atoms with Crippen molar-refractivity contribution in [3.05, 3.63) is 41.7 Å². The maximum atomic E-state index is 13.4. The highest BCUT2D eigenvalue weighted by Crippen LogP contribution is 2.67. The SMILES string of the molecule is CC(C)[C@@]12CC[C@H](Nc3cc(NCc4cccc(OCC(N)=O)c4)nc(C(F)(F)F)n3)[C@@H]1C2.O=C(O)C(F)(F)F. The molecule has 9 nitrogen and oxygen atoms in total. The number of carboxylic acids is 1. The number of halogens is 6. The Kier molecular flexibility index (Phi) is 9.04. The molecule has 1 aromatic carbocycles. The normalized spacial score (nSPS) is 21.6. The van der Waals surface area contributed by atoms with Crippen LogP contribution in [0.3, 0.4) is 0 Å². The van der Waals surface area contributed by atoms with E-state index in [2.05, 4.69) is 34.4 Å². The molecular formula is C25H29F6N5O4. The Labute approximate surface area is 225 Å². The summed E-state index contributed by atoms with van der Waals surface area (Å²) >= 11 is 0. The Morgan fingerprint density at radius 3 is 2.33 bits per heavy atom. The molecule has 2 aromatic rings. The topological polar surface area (TPSA) is 139 Å². The number of amides is 1. The van der Waals surface area contributed by atoms with Crippen molar-refractivity contribution in [2.24, 2.45) is 23.0 Å². The number of primary amides is 1. The third-order valence-corrected chi connectivity index (χ3v) is 7.04. The first kappa shape index (κ1) is 30.8. The second-order valence-electron chi connectivity index (χ2n) is 10.0. The number of aromatic nitrogens is 2. The predicted octanol–water partition coefficient (Wildman–Crippen LogP) is 4.84. The summed E-state index contributed by atoms with van der Waals surface area (Å²) in [7, 11) is 0. The third kappa shape index (κ3) is 7.88. The minimum Gasteiger partial charge on any atom is -0.484 e. The molecule has 15 heteroatoms. The second-order valence-corrected chi connectivity index (χ2v) is 10.0. The number of carboxylic acid groups (broad SMARTS) is 1. The number of carbonyl (C=O) groups excluding carboxylic acids is 1.